The molecule has 1 heterocycles. The van der Waals surface area contributed by atoms with Crippen molar-refractivity contribution in [2.75, 3.05) is 20.8 Å². The van der Waals surface area contributed by atoms with Crippen LogP contribution in [0.2, 0.25) is 0 Å². The molecule has 8 nitrogen and oxygen atoms in total. The van der Waals surface area contributed by atoms with Gasteiger partial charge in [0.15, 0.2) is 12.4 Å². The summed E-state index contributed by atoms with van der Waals surface area (Å²) in [7, 11) is 3.25. The summed E-state index contributed by atoms with van der Waals surface area (Å²) < 4.78 is 21.8. The fourth-order valence-electron chi connectivity index (χ4n) is 3.52. The molecule has 1 N–H and O–H groups in total. The summed E-state index contributed by atoms with van der Waals surface area (Å²) in [5.74, 6) is 2.16. The molecule has 3 aromatic carbocycles. The van der Waals surface area contributed by atoms with Crippen LogP contribution in [0.3, 0.4) is 0 Å². The lowest BCUT2D eigenvalue weighted by molar-refractivity contribution is -0.139. The summed E-state index contributed by atoms with van der Waals surface area (Å²) in [5, 5.41) is 8.82. The Morgan fingerprint density at radius 3 is 1.97 bits per heavy atom. The third-order valence-corrected chi connectivity index (χ3v) is 5.40. The third kappa shape index (κ3) is 6.09. The second kappa shape index (κ2) is 11.2. The second-order valence-electron chi connectivity index (χ2n) is 7.92. The van der Waals surface area contributed by atoms with Gasteiger partial charge in [0.25, 0.3) is 0 Å². The zero-order chi connectivity index (χ0) is 25.5. The normalized spacial score (nSPS) is 10.5. The lowest BCUT2D eigenvalue weighted by Crippen LogP contribution is -2.10. The third-order valence-electron chi connectivity index (χ3n) is 5.40. The molecule has 0 aliphatic carbocycles. The zero-order valence-corrected chi connectivity index (χ0v) is 20.2. The van der Waals surface area contributed by atoms with Gasteiger partial charge >= 0.3 is 5.97 Å². The highest BCUT2D eigenvalue weighted by Gasteiger charge is 2.11. The lowest BCUT2D eigenvalue weighted by Gasteiger charge is -2.12. The van der Waals surface area contributed by atoms with E-state index in [2.05, 4.69) is 0 Å². The van der Waals surface area contributed by atoms with Gasteiger partial charge in [-0.05, 0) is 85.3 Å². The number of carboxylic acid groups (broad SMARTS) is 1. The first-order valence-electron chi connectivity index (χ1n) is 11.2. The molecule has 1 aromatic heterocycles. The van der Waals surface area contributed by atoms with Crippen LogP contribution in [0.1, 0.15) is 11.3 Å². The average molecular weight is 487 g/mol. The highest BCUT2D eigenvalue weighted by atomic mass is 16.5. The van der Waals surface area contributed by atoms with Crippen LogP contribution in [0.15, 0.2) is 72.8 Å². The van der Waals surface area contributed by atoms with Crippen LogP contribution in [0.5, 0.6) is 23.0 Å². The van der Waals surface area contributed by atoms with E-state index in [1.807, 2.05) is 61.5 Å². The topological polar surface area (TPSA) is 100 Å². The number of benzene rings is 3. The molecule has 4 aromatic rings. The number of hydrogen-bond acceptors (Lipinski definition) is 7. The summed E-state index contributed by atoms with van der Waals surface area (Å²) in [6.07, 6.45) is 0. The molecule has 0 aliphatic rings. The van der Waals surface area contributed by atoms with Gasteiger partial charge in [0, 0.05) is 11.1 Å². The number of aromatic nitrogens is 2. The van der Waals surface area contributed by atoms with E-state index in [0.29, 0.717) is 23.0 Å². The Hall–Kier alpha value is -4.59. The van der Waals surface area contributed by atoms with Gasteiger partial charge in [0.2, 0.25) is 0 Å². The maximum absolute atomic E-state index is 10.8. The standard InChI is InChI=1S/C28H26N2O6/c1-18-14-24(12-13-26(18)36-17-27(31)32)35-16-21-15-25(19-4-8-22(33-2)9-5-19)30-28(29-21)20-6-10-23(34-3)11-7-20/h4-15H,16-17H2,1-3H3,(H,31,32). The van der Waals surface area contributed by atoms with Crippen molar-refractivity contribution in [1.82, 2.24) is 9.97 Å². The van der Waals surface area contributed by atoms with Crippen molar-refractivity contribution in [2.45, 2.75) is 13.5 Å². The largest absolute Gasteiger partial charge is 0.497 e. The Labute approximate surface area is 209 Å². The summed E-state index contributed by atoms with van der Waals surface area (Å²) in [6, 6.07) is 22.3. The van der Waals surface area contributed by atoms with Crippen molar-refractivity contribution in [3.8, 4) is 45.6 Å². The first-order valence-corrected chi connectivity index (χ1v) is 11.2. The van der Waals surface area contributed by atoms with E-state index in [1.165, 1.54) is 0 Å². The minimum Gasteiger partial charge on any atom is -0.497 e. The smallest absolute Gasteiger partial charge is 0.341 e. The number of ether oxygens (including phenoxy) is 4. The number of rotatable bonds is 10. The number of hydrogen-bond donors (Lipinski definition) is 1. The minimum atomic E-state index is -1.03. The molecule has 36 heavy (non-hydrogen) atoms. The maximum atomic E-state index is 10.8. The maximum Gasteiger partial charge on any atom is 0.341 e. The number of aliphatic carboxylic acids is 1. The molecular formula is C28H26N2O6. The van der Waals surface area contributed by atoms with Crippen LogP contribution in [0.25, 0.3) is 22.6 Å². The van der Waals surface area contributed by atoms with E-state index in [1.54, 1.807) is 32.4 Å². The molecule has 0 radical (unpaired) electrons. The number of carboxylic acids is 1. The molecule has 0 spiro atoms. The molecule has 4 rings (SSSR count). The summed E-state index contributed by atoms with van der Waals surface area (Å²) in [6.45, 7) is 1.64. The predicted octanol–water partition coefficient (Wildman–Crippen LogP) is 5.18. The van der Waals surface area contributed by atoms with Crippen LogP contribution in [-0.2, 0) is 11.4 Å². The molecular weight excluding hydrogens is 460 g/mol. The van der Waals surface area contributed by atoms with Gasteiger partial charge in [0.05, 0.1) is 25.6 Å². The molecule has 8 heteroatoms. The summed E-state index contributed by atoms with van der Waals surface area (Å²) in [5.41, 5.74) is 4.00. The highest BCUT2D eigenvalue weighted by molar-refractivity contribution is 5.68. The number of methoxy groups -OCH3 is 2. The van der Waals surface area contributed by atoms with E-state index in [4.69, 9.17) is 34.0 Å². The Balaban J connectivity index is 1.61. The molecule has 184 valence electrons. The van der Waals surface area contributed by atoms with Crippen molar-refractivity contribution in [3.63, 3.8) is 0 Å². The van der Waals surface area contributed by atoms with Crippen molar-refractivity contribution in [1.29, 1.82) is 0 Å². The molecule has 0 unspecified atom stereocenters. The van der Waals surface area contributed by atoms with E-state index in [9.17, 15) is 4.79 Å². The molecule has 0 fully saturated rings. The predicted molar refractivity (Wildman–Crippen MR) is 135 cm³/mol. The van der Waals surface area contributed by atoms with E-state index in [-0.39, 0.29) is 6.61 Å². The lowest BCUT2D eigenvalue weighted by atomic mass is 10.1. The summed E-state index contributed by atoms with van der Waals surface area (Å²) >= 11 is 0. The van der Waals surface area contributed by atoms with Gasteiger partial charge in [-0.15, -0.1) is 0 Å². The Morgan fingerprint density at radius 2 is 1.39 bits per heavy atom. The van der Waals surface area contributed by atoms with Gasteiger partial charge in [-0.1, -0.05) is 0 Å². The van der Waals surface area contributed by atoms with Gasteiger partial charge in [-0.2, -0.15) is 0 Å². The molecule has 0 atom stereocenters. The zero-order valence-electron chi connectivity index (χ0n) is 20.2. The average Bonchev–Trinajstić information content (AvgIpc) is 2.91. The van der Waals surface area contributed by atoms with Crippen LogP contribution in [-0.4, -0.2) is 41.9 Å². The molecule has 0 aliphatic heterocycles. The monoisotopic (exact) mass is 486 g/mol. The Bertz CT molecular complexity index is 1270. The molecule has 0 amide bonds. The van der Waals surface area contributed by atoms with E-state index < -0.39 is 12.6 Å². The molecule has 0 bridgehead atoms. The van der Waals surface area contributed by atoms with Crippen LogP contribution >= 0.6 is 0 Å². The van der Waals surface area contributed by atoms with E-state index in [0.717, 1.165) is 33.9 Å². The SMILES string of the molecule is COc1ccc(-c2cc(COc3ccc(OCC(=O)O)c(C)c3)nc(-c3ccc(OC)cc3)n2)cc1. The molecule has 0 saturated carbocycles. The van der Waals surface area contributed by atoms with Gasteiger partial charge in [-0.3, -0.25) is 0 Å². The molecule has 0 saturated heterocycles. The van der Waals surface area contributed by atoms with Crippen LogP contribution in [0.4, 0.5) is 0 Å². The number of aryl methyl sites for hydroxylation is 1. The fourth-order valence-corrected chi connectivity index (χ4v) is 3.52. The quantitative estimate of drug-likeness (QED) is 0.327. The van der Waals surface area contributed by atoms with Crippen molar-refractivity contribution in [3.05, 3.63) is 84.1 Å². The highest BCUT2D eigenvalue weighted by Crippen LogP contribution is 2.27. The van der Waals surface area contributed by atoms with E-state index >= 15 is 0 Å². The fraction of sp³-hybridized carbons (Fsp3) is 0.179. The van der Waals surface area contributed by atoms with Crippen LogP contribution in [0, 0.1) is 6.92 Å². The number of carbonyl (C=O) groups is 1. The van der Waals surface area contributed by atoms with Crippen molar-refractivity contribution in [2.24, 2.45) is 0 Å². The van der Waals surface area contributed by atoms with Gasteiger partial charge < -0.3 is 24.1 Å². The van der Waals surface area contributed by atoms with Crippen molar-refractivity contribution < 1.29 is 28.8 Å². The summed E-state index contributed by atoms with van der Waals surface area (Å²) in [4.78, 5) is 20.3. The van der Waals surface area contributed by atoms with Gasteiger partial charge in [-0.25, -0.2) is 14.8 Å². The Kier molecular flexibility index (Phi) is 7.65. The number of nitrogens with zero attached hydrogens (tertiary/aromatic N) is 2. The van der Waals surface area contributed by atoms with Crippen molar-refractivity contribution >= 4 is 5.97 Å². The van der Waals surface area contributed by atoms with Gasteiger partial charge in [0.1, 0.15) is 29.6 Å². The second-order valence-corrected chi connectivity index (χ2v) is 7.92. The minimum absolute atomic E-state index is 0.212. The van der Waals surface area contributed by atoms with Crippen LogP contribution < -0.4 is 18.9 Å². The first kappa shape index (κ1) is 24.5. The Morgan fingerprint density at radius 1 is 0.778 bits per heavy atom. The first-order chi connectivity index (χ1) is 17.4.